The van der Waals surface area contributed by atoms with Gasteiger partial charge in [0.25, 0.3) is 0 Å². The van der Waals surface area contributed by atoms with Crippen molar-refractivity contribution in [2.45, 2.75) is 31.8 Å². The molecule has 0 spiro atoms. The SMILES string of the molecule is O=C(Cn1cc(C(=O)O)nn1)NC(c1ccc(F)cc1)C1CCC1. The van der Waals surface area contributed by atoms with E-state index in [9.17, 15) is 14.0 Å². The molecule has 1 aromatic heterocycles. The molecule has 0 radical (unpaired) electrons. The Kier molecular flexibility index (Phi) is 4.54. The summed E-state index contributed by atoms with van der Waals surface area (Å²) in [6.45, 7) is -0.120. The fourth-order valence-electron chi connectivity index (χ4n) is 2.76. The molecule has 7 nitrogen and oxygen atoms in total. The molecule has 1 aliphatic carbocycles. The third kappa shape index (κ3) is 3.58. The van der Waals surface area contributed by atoms with E-state index < -0.39 is 5.97 Å². The van der Waals surface area contributed by atoms with Gasteiger partial charge in [-0.05, 0) is 36.5 Å². The zero-order valence-electron chi connectivity index (χ0n) is 12.9. The van der Waals surface area contributed by atoms with E-state index in [1.807, 2.05) is 0 Å². The summed E-state index contributed by atoms with van der Waals surface area (Å²) in [5, 5.41) is 18.9. The topological polar surface area (TPSA) is 97.1 Å². The number of hydrogen-bond acceptors (Lipinski definition) is 4. The lowest BCUT2D eigenvalue weighted by Crippen LogP contribution is -2.38. The van der Waals surface area contributed by atoms with Gasteiger partial charge < -0.3 is 10.4 Å². The molecule has 1 heterocycles. The molecule has 8 heteroatoms. The Morgan fingerprint density at radius 1 is 1.33 bits per heavy atom. The van der Waals surface area contributed by atoms with E-state index >= 15 is 0 Å². The second kappa shape index (κ2) is 6.77. The van der Waals surface area contributed by atoms with Crippen LogP contribution in [0.15, 0.2) is 30.5 Å². The van der Waals surface area contributed by atoms with Crippen molar-refractivity contribution >= 4 is 11.9 Å². The standard InChI is InChI=1S/C16H17FN4O3/c17-12-6-4-11(5-7-12)15(10-2-1-3-10)18-14(22)9-21-8-13(16(23)24)19-20-21/h4-8,10,15H,1-3,9H2,(H,18,22)(H,23,24). The smallest absolute Gasteiger partial charge is 0.358 e. The fraction of sp³-hybridized carbons (Fsp3) is 0.375. The van der Waals surface area contributed by atoms with Crippen LogP contribution in [0.5, 0.6) is 0 Å². The third-order valence-corrected chi connectivity index (χ3v) is 4.23. The van der Waals surface area contributed by atoms with Crippen LogP contribution in [-0.4, -0.2) is 32.0 Å². The largest absolute Gasteiger partial charge is 0.476 e. The van der Waals surface area contributed by atoms with Crippen molar-refractivity contribution in [1.82, 2.24) is 20.3 Å². The first-order chi connectivity index (χ1) is 11.5. The summed E-state index contributed by atoms with van der Waals surface area (Å²) < 4.78 is 14.3. The van der Waals surface area contributed by atoms with Gasteiger partial charge in [-0.3, -0.25) is 4.79 Å². The number of hydrogen-bond donors (Lipinski definition) is 2. The van der Waals surface area contributed by atoms with Gasteiger partial charge in [0, 0.05) is 0 Å². The first-order valence-electron chi connectivity index (χ1n) is 7.71. The van der Waals surface area contributed by atoms with Crippen LogP contribution in [0.2, 0.25) is 0 Å². The zero-order chi connectivity index (χ0) is 17.1. The van der Waals surface area contributed by atoms with Gasteiger partial charge in [-0.25, -0.2) is 13.9 Å². The lowest BCUT2D eigenvalue weighted by atomic mass is 9.77. The Morgan fingerprint density at radius 3 is 2.58 bits per heavy atom. The van der Waals surface area contributed by atoms with Crippen LogP contribution >= 0.6 is 0 Å². The minimum Gasteiger partial charge on any atom is -0.476 e. The highest BCUT2D eigenvalue weighted by molar-refractivity contribution is 5.84. The van der Waals surface area contributed by atoms with Crippen LogP contribution in [0, 0.1) is 11.7 Å². The van der Waals surface area contributed by atoms with Crippen molar-refractivity contribution < 1.29 is 19.1 Å². The van der Waals surface area contributed by atoms with Gasteiger partial charge in [-0.15, -0.1) is 5.10 Å². The Bertz CT molecular complexity index is 740. The second-order valence-corrected chi connectivity index (χ2v) is 5.89. The molecule has 1 saturated carbocycles. The van der Waals surface area contributed by atoms with Gasteiger partial charge in [0.1, 0.15) is 12.4 Å². The van der Waals surface area contributed by atoms with E-state index in [4.69, 9.17) is 5.11 Å². The number of benzene rings is 1. The van der Waals surface area contributed by atoms with Crippen molar-refractivity contribution in [2.75, 3.05) is 0 Å². The van der Waals surface area contributed by atoms with Crippen molar-refractivity contribution in [1.29, 1.82) is 0 Å². The molecule has 1 fully saturated rings. The van der Waals surface area contributed by atoms with Crippen LogP contribution in [0.25, 0.3) is 0 Å². The maximum atomic E-state index is 13.1. The van der Waals surface area contributed by atoms with E-state index in [0.717, 1.165) is 24.8 Å². The number of nitrogens with one attached hydrogen (secondary N) is 1. The summed E-state index contributed by atoms with van der Waals surface area (Å²) in [6, 6.07) is 5.93. The Morgan fingerprint density at radius 2 is 2.04 bits per heavy atom. The number of carboxylic acids is 1. The number of amides is 1. The Hall–Kier alpha value is -2.77. The highest BCUT2D eigenvalue weighted by Crippen LogP contribution is 2.37. The number of rotatable bonds is 6. The molecule has 1 aromatic carbocycles. The molecule has 24 heavy (non-hydrogen) atoms. The highest BCUT2D eigenvalue weighted by Gasteiger charge is 2.29. The van der Waals surface area contributed by atoms with Gasteiger partial charge in [0.15, 0.2) is 5.69 Å². The van der Waals surface area contributed by atoms with Crippen molar-refractivity contribution in [3.05, 3.63) is 47.5 Å². The minimum atomic E-state index is -1.19. The van der Waals surface area contributed by atoms with Crippen molar-refractivity contribution in [2.24, 2.45) is 5.92 Å². The van der Waals surface area contributed by atoms with Crippen molar-refractivity contribution in [3.63, 3.8) is 0 Å². The Balaban J connectivity index is 1.68. The number of aromatic carboxylic acids is 1. The van der Waals surface area contributed by atoms with Crippen LogP contribution in [0.3, 0.4) is 0 Å². The first-order valence-corrected chi connectivity index (χ1v) is 7.71. The van der Waals surface area contributed by atoms with E-state index in [0.29, 0.717) is 5.92 Å². The molecule has 1 atom stereocenters. The molecule has 0 aliphatic heterocycles. The van der Waals surface area contributed by atoms with Gasteiger partial charge in [-0.2, -0.15) is 0 Å². The summed E-state index contributed by atoms with van der Waals surface area (Å²) in [4.78, 5) is 23.0. The van der Waals surface area contributed by atoms with Crippen molar-refractivity contribution in [3.8, 4) is 0 Å². The fourth-order valence-corrected chi connectivity index (χ4v) is 2.76. The predicted molar refractivity (Wildman–Crippen MR) is 81.6 cm³/mol. The molecule has 1 amide bonds. The van der Waals surface area contributed by atoms with E-state index in [1.165, 1.54) is 23.0 Å². The first kappa shape index (κ1) is 16.1. The average molecular weight is 332 g/mol. The molecular formula is C16H17FN4O3. The molecule has 2 aromatic rings. The lowest BCUT2D eigenvalue weighted by molar-refractivity contribution is -0.123. The quantitative estimate of drug-likeness (QED) is 0.840. The van der Waals surface area contributed by atoms with Gasteiger partial charge >= 0.3 is 5.97 Å². The number of halogens is 1. The molecule has 2 N–H and O–H groups in total. The number of aromatic nitrogens is 3. The number of nitrogens with zero attached hydrogens (tertiary/aromatic N) is 3. The van der Waals surface area contributed by atoms with Crippen LogP contribution in [0.4, 0.5) is 4.39 Å². The van der Waals surface area contributed by atoms with Gasteiger partial charge in [-0.1, -0.05) is 23.8 Å². The van der Waals surface area contributed by atoms with E-state index in [-0.39, 0.29) is 30.0 Å². The molecule has 0 saturated heterocycles. The molecule has 0 bridgehead atoms. The normalized spacial score (nSPS) is 15.5. The van der Waals surface area contributed by atoms with Crippen LogP contribution in [-0.2, 0) is 11.3 Å². The maximum Gasteiger partial charge on any atom is 0.358 e. The summed E-state index contributed by atoms with van der Waals surface area (Å²) >= 11 is 0. The minimum absolute atomic E-state index is 0.120. The van der Waals surface area contributed by atoms with Crippen LogP contribution < -0.4 is 5.32 Å². The summed E-state index contributed by atoms with van der Waals surface area (Å²) in [5.41, 5.74) is 0.649. The molecule has 3 rings (SSSR count). The maximum absolute atomic E-state index is 13.1. The zero-order valence-corrected chi connectivity index (χ0v) is 12.9. The Labute approximate surface area is 137 Å². The van der Waals surface area contributed by atoms with Gasteiger partial charge in [0.2, 0.25) is 5.91 Å². The monoisotopic (exact) mass is 332 g/mol. The van der Waals surface area contributed by atoms with Gasteiger partial charge in [0.05, 0.1) is 12.2 Å². The van der Waals surface area contributed by atoms with E-state index in [2.05, 4.69) is 15.6 Å². The molecular weight excluding hydrogens is 315 g/mol. The highest BCUT2D eigenvalue weighted by atomic mass is 19.1. The summed E-state index contributed by atoms with van der Waals surface area (Å²) in [6.07, 6.45) is 4.34. The molecule has 1 unspecified atom stereocenters. The third-order valence-electron chi connectivity index (χ3n) is 4.23. The van der Waals surface area contributed by atoms with E-state index in [1.54, 1.807) is 12.1 Å². The average Bonchev–Trinajstić information content (AvgIpc) is 2.94. The number of carbonyl (C=O) groups excluding carboxylic acids is 1. The molecule has 1 aliphatic rings. The predicted octanol–water partition coefficient (Wildman–Crippen LogP) is 1.77. The van der Waals surface area contributed by atoms with Crippen LogP contribution in [0.1, 0.15) is 41.4 Å². The molecule has 126 valence electrons. The summed E-state index contributed by atoms with van der Waals surface area (Å²) in [5.74, 6) is -1.48. The number of carbonyl (C=O) groups is 2. The lowest BCUT2D eigenvalue weighted by Gasteiger charge is -2.34. The summed E-state index contributed by atoms with van der Waals surface area (Å²) in [7, 11) is 0. The second-order valence-electron chi connectivity index (χ2n) is 5.89. The number of carboxylic acid groups (broad SMARTS) is 1.